The fraction of sp³-hybridized carbons (Fsp3) is 1.00. The summed E-state index contributed by atoms with van der Waals surface area (Å²) in [6.07, 6.45) is 7.57. The first-order valence-electron chi connectivity index (χ1n) is 7.79. The van der Waals surface area contributed by atoms with Gasteiger partial charge in [-0.1, -0.05) is 0 Å². The number of ether oxygens (including phenoxy) is 1. The molecule has 2 N–H and O–H groups in total. The molecule has 19 heavy (non-hydrogen) atoms. The van der Waals surface area contributed by atoms with Crippen molar-refractivity contribution in [2.75, 3.05) is 33.4 Å². The Labute approximate surface area is 117 Å². The van der Waals surface area contributed by atoms with E-state index >= 15 is 0 Å². The third-order valence-electron chi connectivity index (χ3n) is 4.55. The zero-order valence-corrected chi connectivity index (χ0v) is 12.5. The fourth-order valence-electron chi connectivity index (χ4n) is 2.98. The van der Waals surface area contributed by atoms with Crippen molar-refractivity contribution in [1.29, 1.82) is 0 Å². The van der Waals surface area contributed by atoms with E-state index in [2.05, 4.69) is 17.1 Å². The average Bonchev–Trinajstić information content (AvgIpc) is 3.23. The van der Waals surface area contributed by atoms with E-state index in [1.165, 1.54) is 12.8 Å². The lowest BCUT2D eigenvalue weighted by molar-refractivity contribution is 0.0396. The highest BCUT2D eigenvalue weighted by molar-refractivity contribution is 4.92. The number of aliphatic hydroxyl groups is 1. The van der Waals surface area contributed by atoms with Crippen molar-refractivity contribution in [1.82, 2.24) is 10.2 Å². The molecular formula is C15H30N2O2. The zero-order chi connectivity index (χ0) is 13.7. The first kappa shape index (κ1) is 15.2. The van der Waals surface area contributed by atoms with Crippen LogP contribution in [0.1, 0.15) is 45.4 Å². The summed E-state index contributed by atoms with van der Waals surface area (Å²) in [5.41, 5.74) is -0.0774. The molecule has 0 spiro atoms. The lowest BCUT2D eigenvalue weighted by atomic mass is 9.96. The highest BCUT2D eigenvalue weighted by Gasteiger charge is 2.31. The zero-order valence-electron chi connectivity index (χ0n) is 12.5. The molecule has 1 unspecified atom stereocenters. The molecule has 1 saturated carbocycles. The molecule has 0 bridgehead atoms. The van der Waals surface area contributed by atoms with Crippen molar-refractivity contribution >= 4 is 0 Å². The minimum Gasteiger partial charge on any atom is -0.394 e. The third kappa shape index (κ3) is 5.03. The van der Waals surface area contributed by atoms with E-state index in [-0.39, 0.29) is 12.1 Å². The van der Waals surface area contributed by atoms with E-state index in [1.54, 1.807) is 0 Å². The van der Waals surface area contributed by atoms with Gasteiger partial charge in [-0.3, -0.25) is 0 Å². The van der Waals surface area contributed by atoms with Crippen LogP contribution < -0.4 is 5.32 Å². The van der Waals surface area contributed by atoms with Crippen molar-refractivity contribution < 1.29 is 9.84 Å². The van der Waals surface area contributed by atoms with Crippen LogP contribution in [-0.2, 0) is 4.74 Å². The van der Waals surface area contributed by atoms with Gasteiger partial charge in [0.15, 0.2) is 0 Å². The Morgan fingerprint density at radius 2 is 1.95 bits per heavy atom. The highest BCUT2D eigenvalue weighted by atomic mass is 16.5. The summed E-state index contributed by atoms with van der Waals surface area (Å²) in [7, 11) is 1.82. The standard InChI is InChI=1S/C15H30N2O2/c1-15(12-18,16-13-4-5-13)8-3-9-17-10-6-14(19-2)7-11-17/h13-14,16,18H,3-12H2,1-2H3. The monoisotopic (exact) mass is 270 g/mol. The molecule has 0 aromatic heterocycles. The Morgan fingerprint density at radius 3 is 2.47 bits per heavy atom. The number of aliphatic hydroxyl groups excluding tert-OH is 1. The molecule has 0 aromatic rings. The van der Waals surface area contributed by atoms with Crippen molar-refractivity contribution in [3.8, 4) is 0 Å². The summed E-state index contributed by atoms with van der Waals surface area (Å²) in [4.78, 5) is 2.53. The summed E-state index contributed by atoms with van der Waals surface area (Å²) in [5.74, 6) is 0. The van der Waals surface area contributed by atoms with Gasteiger partial charge < -0.3 is 20.1 Å². The predicted molar refractivity (Wildman–Crippen MR) is 77.4 cm³/mol. The molecule has 1 atom stereocenters. The molecule has 1 aliphatic heterocycles. The number of methoxy groups -OCH3 is 1. The molecule has 4 heteroatoms. The maximum absolute atomic E-state index is 9.57. The van der Waals surface area contributed by atoms with Crippen LogP contribution in [0.25, 0.3) is 0 Å². The molecule has 2 rings (SSSR count). The normalized spacial score (nSPS) is 25.4. The van der Waals surface area contributed by atoms with Crippen LogP contribution >= 0.6 is 0 Å². The van der Waals surface area contributed by atoms with Crippen LogP contribution in [0.4, 0.5) is 0 Å². The number of nitrogens with one attached hydrogen (secondary N) is 1. The van der Waals surface area contributed by atoms with Crippen LogP contribution in [0.2, 0.25) is 0 Å². The number of nitrogens with zero attached hydrogens (tertiary/aromatic N) is 1. The molecule has 0 radical (unpaired) electrons. The van der Waals surface area contributed by atoms with E-state index in [4.69, 9.17) is 4.74 Å². The maximum Gasteiger partial charge on any atom is 0.0610 e. The molecule has 0 amide bonds. The van der Waals surface area contributed by atoms with Gasteiger partial charge in [-0.25, -0.2) is 0 Å². The number of piperidine rings is 1. The van der Waals surface area contributed by atoms with Crippen molar-refractivity contribution in [2.45, 2.75) is 63.1 Å². The largest absolute Gasteiger partial charge is 0.394 e. The average molecular weight is 270 g/mol. The summed E-state index contributed by atoms with van der Waals surface area (Å²) >= 11 is 0. The van der Waals surface area contributed by atoms with E-state index in [9.17, 15) is 5.11 Å². The van der Waals surface area contributed by atoms with E-state index in [0.29, 0.717) is 12.1 Å². The second kappa shape index (κ2) is 7.02. The molecule has 4 nitrogen and oxygen atoms in total. The van der Waals surface area contributed by atoms with Crippen molar-refractivity contribution in [2.24, 2.45) is 0 Å². The Kier molecular flexibility index (Phi) is 5.63. The van der Waals surface area contributed by atoms with Crippen molar-refractivity contribution in [3.63, 3.8) is 0 Å². The smallest absolute Gasteiger partial charge is 0.0610 e. The summed E-state index contributed by atoms with van der Waals surface area (Å²) < 4.78 is 5.40. The molecule has 0 aromatic carbocycles. The van der Waals surface area contributed by atoms with Gasteiger partial charge in [0.1, 0.15) is 0 Å². The van der Waals surface area contributed by atoms with Crippen molar-refractivity contribution in [3.05, 3.63) is 0 Å². The summed E-state index contributed by atoms with van der Waals surface area (Å²) in [6.45, 7) is 5.87. The number of likely N-dealkylation sites (tertiary alicyclic amines) is 1. The lowest BCUT2D eigenvalue weighted by Crippen LogP contribution is -2.47. The van der Waals surface area contributed by atoms with Gasteiger partial charge in [0.25, 0.3) is 0 Å². The molecule has 2 fully saturated rings. The summed E-state index contributed by atoms with van der Waals surface area (Å²) in [5, 5.41) is 13.2. The Morgan fingerprint density at radius 1 is 1.26 bits per heavy atom. The third-order valence-corrected chi connectivity index (χ3v) is 4.55. The lowest BCUT2D eigenvalue weighted by Gasteiger charge is -2.33. The fourth-order valence-corrected chi connectivity index (χ4v) is 2.98. The van der Waals surface area contributed by atoms with Crippen LogP contribution in [-0.4, -0.2) is 61.0 Å². The first-order chi connectivity index (χ1) is 9.15. The highest BCUT2D eigenvalue weighted by Crippen LogP contribution is 2.24. The minimum atomic E-state index is -0.0774. The Bertz CT molecular complexity index is 263. The topological polar surface area (TPSA) is 44.7 Å². The van der Waals surface area contributed by atoms with Gasteiger partial charge in [-0.15, -0.1) is 0 Å². The minimum absolute atomic E-state index is 0.0774. The number of hydrogen-bond donors (Lipinski definition) is 2. The van der Waals surface area contributed by atoms with Crippen LogP contribution in [0.3, 0.4) is 0 Å². The van der Waals surface area contributed by atoms with E-state index in [0.717, 1.165) is 45.3 Å². The summed E-state index contributed by atoms with van der Waals surface area (Å²) in [6, 6.07) is 0.662. The molecule has 1 aliphatic carbocycles. The maximum atomic E-state index is 9.57. The Balaban J connectivity index is 1.62. The van der Waals surface area contributed by atoms with E-state index in [1.807, 2.05) is 7.11 Å². The van der Waals surface area contributed by atoms with Gasteiger partial charge in [0.2, 0.25) is 0 Å². The van der Waals surface area contributed by atoms with Crippen LogP contribution in [0.15, 0.2) is 0 Å². The molecule has 1 heterocycles. The van der Waals surface area contributed by atoms with Gasteiger partial charge in [-0.2, -0.15) is 0 Å². The van der Waals surface area contributed by atoms with Gasteiger partial charge >= 0.3 is 0 Å². The quantitative estimate of drug-likeness (QED) is 0.699. The van der Waals surface area contributed by atoms with Gasteiger partial charge in [0, 0.05) is 31.8 Å². The second-order valence-corrected chi connectivity index (χ2v) is 6.52. The van der Waals surface area contributed by atoms with Gasteiger partial charge in [-0.05, 0) is 52.0 Å². The second-order valence-electron chi connectivity index (χ2n) is 6.52. The first-order valence-corrected chi connectivity index (χ1v) is 7.79. The number of hydrogen-bond acceptors (Lipinski definition) is 4. The molecule has 2 aliphatic rings. The van der Waals surface area contributed by atoms with E-state index < -0.39 is 0 Å². The predicted octanol–water partition coefficient (Wildman–Crippen LogP) is 1.38. The SMILES string of the molecule is COC1CCN(CCCC(C)(CO)NC2CC2)CC1. The van der Waals surface area contributed by atoms with Crippen LogP contribution in [0.5, 0.6) is 0 Å². The van der Waals surface area contributed by atoms with Crippen LogP contribution in [0, 0.1) is 0 Å². The Hall–Kier alpha value is -0.160. The number of rotatable bonds is 8. The molecular weight excluding hydrogens is 240 g/mol. The molecule has 112 valence electrons. The molecule has 1 saturated heterocycles. The van der Waals surface area contributed by atoms with Gasteiger partial charge in [0.05, 0.1) is 12.7 Å².